The number of likely N-dealkylation sites (N-methyl/N-ethyl adjacent to an activating group) is 1. The summed E-state index contributed by atoms with van der Waals surface area (Å²) in [4.78, 5) is 0. The molecule has 0 aliphatic rings. The first-order chi connectivity index (χ1) is 6.11. The molecule has 0 aliphatic heterocycles. The highest BCUT2D eigenvalue weighted by Crippen LogP contribution is 2.04. The van der Waals surface area contributed by atoms with Crippen LogP contribution in [0.1, 0.15) is 26.7 Å². The van der Waals surface area contributed by atoms with E-state index >= 15 is 0 Å². The van der Waals surface area contributed by atoms with Gasteiger partial charge in [-0.2, -0.15) is 0 Å². The van der Waals surface area contributed by atoms with Gasteiger partial charge in [-0.05, 0) is 20.4 Å². The molecule has 13 heavy (non-hydrogen) atoms. The number of hydrogen-bond donors (Lipinski definition) is 0. The van der Waals surface area contributed by atoms with Crippen LogP contribution >= 0.6 is 0 Å². The van der Waals surface area contributed by atoms with Crippen molar-refractivity contribution in [3.8, 4) is 0 Å². The van der Waals surface area contributed by atoms with Crippen molar-refractivity contribution in [1.82, 2.24) is 4.31 Å². The highest BCUT2D eigenvalue weighted by molar-refractivity contribution is 7.76. The van der Waals surface area contributed by atoms with E-state index in [4.69, 9.17) is 4.74 Å². The minimum absolute atomic E-state index is 0.0258. The molecule has 0 aliphatic carbocycles. The molecular formula is C8H18NO3S-. The molecule has 1 unspecified atom stereocenters. The molecule has 0 saturated heterocycles. The third kappa shape index (κ3) is 6.15. The van der Waals surface area contributed by atoms with Crippen LogP contribution in [-0.4, -0.2) is 39.4 Å². The van der Waals surface area contributed by atoms with E-state index < -0.39 is 11.3 Å². The molecule has 0 heterocycles. The van der Waals surface area contributed by atoms with Gasteiger partial charge in [-0.3, -0.25) is 4.21 Å². The highest BCUT2D eigenvalue weighted by Gasteiger charge is 2.10. The molecule has 0 amide bonds. The molecule has 0 spiro atoms. The van der Waals surface area contributed by atoms with Crippen LogP contribution < -0.4 is 0 Å². The number of ether oxygens (including phenoxy) is 1. The Morgan fingerprint density at radius 2 is 2.15 bits per heavy atom. The summed E-state index contributed by atoms with van der Waals surface area (Å²) in [6, 6.07) is 0. The summed E-state index contributed by atoms with van der Waals surface area (Å²) in [6.45, 7) is 5.04. The van der Waals surface area contributed by atoms with Gasteiger partial charge >= 0.3 is 0 Å². The average molecular weight is 208 g/mol. The first kappa shape index (κ1) is 13.0. The molecule has 80 valence electrons. The third-order valence-electron chi connectivity index (χ3n) is 1.73. The molecule has 0 aromatic rings. The van der Waals surface area contributed by atoms with Gasteiger partial charge in [-0.15, -0.1) is 0 Å². The van der Waals surface area contributed by atoms with Crippen molar-refractivity contribution in [3.05, 3.63) is 0 Å². The maximum atomic E-state index is 10.5. The monoisotopic (exact) mass is 208 g/mol. The summed E-state index contributed by atoms with van der Waals surface area (Å²) in [5.74, 6) is 0. The van der Waals surface area contributed by atoms with Gasteiger partial charge in [-0.1, -0.05) is 13.3 Å². The molecule has 0 rings (SSSR count). The normalized spacial score (nSPS) is 16.1. The average Bonchev–Trinajstić information content (AvgIpc) is 2.05. The second-order valence-corrected chi connectivity index (χ2v) is 3.95. The van der Waals surface area contributed by atoms with Crippen LogP contribution in [0.4, 0.5) is 0 Å². The minimum Gasteiger partial charge on any atom is -0.760 e. The molecular weight excluding hydrogens is 190 g/mol. The predicted octanol–water partition coefficient (Wildman–Crippen LogP) is 0.917. The second kappa shape index (κ2) is 7.44. The van der Waals surface area contributed by atoms with Crippen molar-refractivity contribution in [2.45, 2.75) is 32.8 Å². The Labute approximate surface area is 82.7 Å². The molecule has 5 heteroatoms. The summed E-state index contributed by atoms with van der Waals surface area (Å²) >= 11 is -2.13. The van der Waals surface area contributed by atoms with Gasteiger partial charge in [0.15, 0.2) is 0 Å². The summed E-state index contributed by atoms with van der Waals surface area (Å²) in [5, 5.41) is 0. The molecule has 0 fully saturated rings. The van der Waals surface area contributed by atoms with Crippen molar-refractivity contribution in [1.29, 1.82) is 0 Å². The summed E-state index contributed by atoms with van der Waals surface area (Å²) in [7, 11) is 1.55. The van der Waals surface area contributed by atoms with Crippen LogP contribution in [0.3, 0.4) is 0 Å². The Bertz CT molecular complexity index is 148. The summed E-state index contributed by atoms with van der Waals surface area (Å²) < 4.78 is 27.7. The van der Waals surface area contributed by atoms with Gasteiger partial charge in [0.2, 0.25) is 0 Å². The van der Waals surface area contributed by atoms with E-state index in [0.29, 0.717) is 13.2 Å². The molecule has 2 atom stereocenters. The SMILES string of the molecule is CCC[C@@H](CN(C)S(=O)[O-])OCC. The largest absolute Gasteiger partial charge is 0.760 e. The van der Waals surface area contributed by atoms with E-state index in [0.717, 1.165) is 12.8 Å². The zero-order chi connectivity index (χ0) is 10.3. The first-order valence-electron chi connectivity index (χ1n) is 4.53. The topological polar surface area (TPSA) is 52.6 Å². The Morgan fingerprint density at radius 1 is 1.54 bits per heavy atom. The lowest BCUT2D eigenvalue weighted by molar-refractivity contribution is 0.0459. The standard InChI is InChI=1S/C8H19NO3S/c1-4-6-8(12-5-2)7-9(3)13(10)11/h8H,4-7H2,1-3H3,(H,10,11)/p-1/t8-/m0/s1. The van der Waals surface area contributed by atoms with Crippen molar-refractivity contribution in [2.75, 3.05) is 20.2 Å². The molecule has 0 radical (unpaired) electrons. The fourth-order valence-electron chi connectivity index (χ4n) is 1.13. The number of hydrogen-bond acceptors (Lipinski definition) is 3. The quantitative estimate of drug-likeness (QED) is 0.584. The van der Waals surface area contributed by atoms with Gasteiger partial charge < -0.3 is 9.29 Å². The van der Waals surface area contributed by atoms with E-state index in [-0.39, 0.29) is 6.10 Å². The van der Waals surface area contributed by atoms with E-state index in [1.807, 2.05) is 6.92 Å². The van der Waals surface area contributed by atoms with Gasteiger partial charge in [-0.25, -0.2) is 4.31 Å². The predicted molar refractivity (Wildman–Crippen MR) is 51.9 cm³/mol. The van der Waals surface area contributed by atoms with Crippen LogP contribution in [0.15, 0.2) is 0 Å². The maximum Gasteiger partial charge on any atom is 0.0711 e. The Hall–Kier alpha value is 0.0300. The van der Waals surface area contributed by atoms with Crippen molar-refractivity contribution in [3.63, 3.8) is 0 Å². The van der Waals surface area contributed by atoms with Crippen LogP contribution in [-0.2, 0) is 16.0 Å². The molecule has 0 saturated carbocycles. The molecule has 0 bridgehead atoms. The van der Waals surface area contributed by atoms with Gasteiger partial charge in [0.25, 0.3) is 0 Å². The maximum absolute atomic E-state index is 10.5. The van der Waals surface area contributed by atoms with Crippen LogP contribution in [0, 0.1) is 0 Å². The highest BCUT2D eigenvalue weighted by atomic mass is 32.2. The summed E-state index contributed by atoms with van der Waals surface area (Å²) in [5.41, 5.74) is 0. The van der Waals surface area contributed by atoms with Gasteiger partial charge in [0.1, 0.15) is 0 Å². The van der Waals surface area contributed by atoms with Crippen molar-refractivity contribution >= 4 is 11.3 Å². The molecule has 0 aromatic heterocycles. The Kier molecular flexibility index (Phi) is 7.45. The van der Waals surface area contributed by atoms with Crippen LogP contribution in [0.2, 0.25) is 0 Å². The lowest BCUT2D eigenvalue weighted by Gasteiger charge is -2.24. The van der Waals surface area contributed by atoms with Crippen LogP contribution in [0.5, 0.6) is 0 Å². The Balaban J connectivity index is 3.85. The Morgan fingerprint density at radius 3 is 2.54 bits per heavy atom. The number of rotatable bonds is 7. The minimum atomic E-state index is -2.13. The van der Waals surface area contributed by atoms with E-state index in [2.05, 4.69) is 6.92 Å². The molecule has 4 nitrogen and oxygen atoms in total. The van der Waals surface area contributed by atoms with Gasteiger partial charge in [0, 0.05) is 24.4 Å². The van der Waals surface area contributed by atoms with Crippen molar-refractivity contribution < 1.29 is 13.5 Å². The zero-order valence-corrected chi connectivity index (χ0v) is 9.30. The molecule has 0 N–H and O–H groups in total. The number of nitrogens with zero attached hydrogens (tertiary/aromatic N) is 1. The lowest BCUT2D eigenvalue weighted by Crippen LogP contribution is -2.32. The van der Waals surface area contributed by atoms with E-state index in [1.54, 1.807) is 7.05 Å². The second-order valence-electron chi connectivity index (χ2n) is 2.89. The first-order valence-corrected chi connectivity index (χ1v) is 5.57. The van der Waals surface area contributed by atoms with E-state index in [9.17, 15) is 8.76 Å². The van der Waals surface area contributed by atoms with Gasteiger partial charge in [0.05, 0.1) is 6.10 Å². The zero-order valence-electron chi connectivity index (χ0n) is 8.49. The van der Waals surface area contributed by atoms with Crippen molar-refractivity contribution in [2.24, 2.45) is 0 Å². The summed E-state index contributed by atoms with van der Waals surface area (Å²) in [6.07, 6.45) is 1.93. The smallest absolute Gasteiger partial charge is 0.0711 e. The van der Waals surface area contributed by atoms with E-state index in [1.165, 1.54) is 4.31 Å². The van der Waals surface area contributed by atoms with Crippen LogP contribution in [0.25, 0.3) is 0 Å². The fourth-order valence-corrected chi connectivity index (χ4v) is 1.42. The lowest BCUT2D eigenvalue weighted by atomic mass is 10.2. The third-order valence-corrected chi connectivity index (χ3v) is 2.39. The fraction of sp³-hybridized carbons (Fsp3) is 1.00. The molecule has 0 aromatic carbocycles.